The van der Waals surface area contributed by atoms with Crippen molar-refractivity contribution in [2.24, 2.45) is 0 Å². The van der Waals surface area contributed by atoms with E-state index in [9.17, 15) is 18.8 Å². The van der Waals surface area contributed by atoms with Crippen molar-refractivity contribution in [2.45, 2.75) is 59.1 Å². The highest BCUT2D eigenvalue weighted by Gasteiger charge is 2.31. The number of nitrogens with zero attached hydrogens (tertiary/aromatic N) is 2. The van der Waals surface area contributed by atoms with Crippen molar-refractivity contribution in [3.05, 3.63) is 64.5 Å². The SMILES string of the molecule is CCC(=O)NC(=O)CN1Cc2c(OCc3ccc(CN4CC(C)OC(C)C4)cc3F)cccc2C1=O. The molecule has 192 valence electrons. The highest BCUT2D eigenvalue weighted by Crippen LogP contribution is 2.31. The van der Waals surface area contributed by atoms with Gasteiger partial charge in [0.1, 0.15) is 24.7 Å². The first-order chi connectivity index (χ1) is 17.2. The third kappa shape index (κ3) is 6.09. The lowest BCUT2D eigenvalue weighted by atomic mass is 10.1. The Labute approximate surface area is 210 Å². The number of nitrogens with one attached hydrogen (secondary N) is 1. The molecule has 1 saturated heterocycles. The number of rotatable bonds is 8. The van der Waals surface area contributed by atoms with Crippen molar-refractivity contribution in [1.82, 2.24) is 15.1 Å². The van der Waals surface area contributed by atoms with Crippen LogP contribution in [0.4, 0.5) is 4.39 Å². The van der Waals surface area contributed by atoms with Crippen LogP contribution in [0.1, 0.15) is 54.2 Å². The van der Waals surface area contributed by atoms with Crippen LogP contribution in [0.5, 0.6) is 5.75 Å². The molecule has 36 heavy (non-hydrogen) atoms. The zero-order chi connectivity index (χ0) is 25.8. The number of halogens is 1. The summed E-state index contributed by atoms with van der Waals surface area (Å²) in [7, 11) is 0. The van der Waals surface area contributed by atoms with Gasteiger partial charge in [0.2, 0.25) is 11.8 Å². The maximum Gasteiger partial charge on any atom is 0.255 e. The summed E-state index contributed by atoms with van der Waals surface area (Å²) in [4.78, 5) is 39.9. The number of benzene rings is 2. The van der Waals surface area contributed by atoms with Gasteiger partial charge in [-0.15, -0.1) is 0 Å². The maximum atomic E-state index is 14.9. The summed E-state index contributed by atoms with van der Waals surface area (Å²) < 4.78 is 26.6. The first kappa shape index (κ1) is 25.8. The minimum atomic E-state index is -0.534. The molecule has 2 aromatic rings. The number of imide groups is 1. The summed E-state index contributed by atoms with van der Waals surface area (Å²) >= 11 is 0. The second-order valence-corrected chi connectivity index (χ2v) is 9.43. The first-order valence-corrected chi connectivity index (χ1v) is 12.2. The number of hydrogen-bond donors (Lipinski definition) is 1. The Bertz CT molecular complexity index is 1140. The molecular weight excluding hydrogens is 465 g/mol. The summed E-state index contributed by atoms with van der Waals surface area (Å²) in [6, 6.07) is 10.3. The number of carbonyl (C=O) groups excluding carboxylic acids is 3. The van der Waals surface area contributed by atoms with Crippen LogP contribution in [0.2, 0.25) is 0 Å². The van der Waals surface area contributed by atoms with Crippen LogP contribution in [0, 0.1) is 5.82 Å². The van der Waals surface area contributed by atoms with E-state index in [0.717, 1.165) is 18.7 Å². The molecule has 2 unspecified atom stereocenters. The molecule has 0 saturated carbocycles. The van der Waals surface area contributed by atoms with Crippen LogP contribution >= 0.6 is 0 Å². The van der Waals surface area contributed by atoms with Crippen molar-refractivity contribution in [2.75, 3.05) is 19.6 Å². The van der Waals surface area contributed by atoms with Gasteiger partial charge in [-0.25, -0.2) is 4.39 Å². The summed E-state index contributed by atoms with van der Waals surface area (Å²) in [5.74, 6) is -1.11. The Morgan fingerprint density at radius 1 is 1.14 bits per heavy atom. The predicted octanol–water partition coefficient (Wildman–Crippen LogP) is 3.02. The summed E-state index contributed by atoms with van der Waals surface area (Å²) in [6.45, 7) is 7.95. The highest BCUT2D eigenvalue weighted by atomic mass is 19.1. The Morgan fingerprint density at radius 3 is 2.58 bits per heavy atom. The van der Waals surface area contributed by atoms with Crippen LogP contribution < -0.4 is 10.1 Å². The third-order valence-electron chi connectivity index (χ3n) is 6.34. The van der Waals surface area contributed by atoms with Gasteiger partial charge in [0.25, 0.3) is 5.91 Å². The number of morpholine rings is 1. The van der Waals surface area contributed by atoms with Crippen molar-refractivity contribution in [1.29, 1.82) is 0 Å². The Balaban J connectivity index is 1.38. The Morgan fingerprint density at radius 2 is 1.89 bits per heavy atom. The van der Waals surface area contributed by atoms with E-state index in [1.54, 1.807) is 37.3 Å². The average molecular weight is 498 g/mol. The van der Waals surface area contributed by atoms with Crippen molar-refractivity contribution >= 4 is 17.7 Å². The van der Waals surface area contributed by atoms with E-state index < -0.39 is 11.8 Å². The molecule has 8 nitrogen and oxygen atoms in total. The predicted molar refractivity (Wildman–Crippen MR) is 131 cm³/mol. The van der Waals surface area contributed by atoms with Crippen molar-refractivity contribution in [3.8, 4) is 5.75 Å². The molecule has 2 aromatic carbocycles. The zero-order valence-electron chi connectivity index (χ0n) is 20.9. The Hall–Kier alpha value is -3.30. The van der Waals surface area contributed by atoms with Crippen LogP contribution in [0.25, 0.3) is 0 Å². The maximum absolute atomic E-state index is 14.9. The molecule has 1 N–H and O–H groups in total. The van der Waals surface area contributed by atoms with Gasteiger partial charge in [-0.3, -0.25) is 24.6 Å². The molecule has 0 radical (unpaired) electrons. The van der Waals surface area contributed by atoms with Crippen LogP contribution in [0.3, 0.4) is 0 Å². The topological polar surface area (TPSA) is 88.2 Å². The molecule has 0 spiro atoms. The quantitative estimate of drug-likeness (QED) is 0.603. The summed E-state index contributed by atoms with van der Waals surface area (Å²) in [5.41, 5.74) is 2.38. The van der Waals surface area contributed by atoms with E-state index >= 15 is 0 Å². The van der Waals surface area contributed by atoms with E-state index in [1.807, 2.05) is 19.9 Å². The minimum Gasteiger partial charge on any atom is -0.488 e. The fourth-order valence-electron chi connectivity index (χ4n) is 4.72. The summed E-state index contributed by atoms with van der Waals surface area (Å²) in [5, 5.41) is 2.25. The van der Waals surface area contributed by atoms with Gasteiger partial charge in [0, 0.05) is 42.7 Å². The lowest BCUT2D eigenvalue weighted by molar-refractivity contribution is -0.130. The van der Waals surface area contributed by atoms with Crippen LogP contribution in [-0.4, -0.2) is 59.4 Å². The second kappa shape index (κ2) is 11.2. The third-order valence-corrected chi connectivity index (χ3v) is 6.34. The molecule has 2 aliphatic rings. The second-order valence-electron chi connectivity index (χ2n) is 9.43. The minimum absolute atomic E-state index is 0.00781. The van der Waals surface area contributed by atoms with Gasteiger partial charge in [-0.05, 0) is 37.6 Å². The van der Waals surface area contributed by atoms with E-state index in [4.69, 9.17) is 9.47 Å². The van der Waals surface area contributed by atoms with E-state index in [0.29, 0.717) is 29.0 Å². The van der Waals surface area contributed by atoms with Gasteiger partial charge in [-0.2, -0.15) is 0 Å². The van der Waals surface area contributed by atoms with E-state index in [-0.39, 0.29) is 50.0 Å². The zero-order valence-corrected chi connectivity index (χ0v) is 20.9. The largest absolute Gasteiger partial charge is 0.488 e. The van der Waals surface area contributed by atoms with Gasteiger partial charge in [-0.1, -0.05) is 25.1 Å². The number of carbonyl (C=O) groups is 3. The molecule has 0 bridgehead atoms. The van der Waals surface area contributed by atoms with E-state index in [1.165, 1.54) is 4.90 Å². The number of amides is 3. The number of fused-ring (bicyclic) bond motifs is 1. The van der Waals surface area contributed by atoms with Crippen LogP contribution in [-0.2, 0) is 34.0 Å². The van der Waals surface area contributed by atoms with E-state index in [2.05, 4.69) is 10.2 Å². The van der Waals surface area contributed by atoms with Gasteiger partial charge in [0.15, 0.2) is 0 Å². The van der Waals surface area contributed by atoms with Crippen molar-refractivity contribution < 1.29 is 28.2 Å². The highest BCUT2D eigenvalue weighted by molar-refractivity contribution is 6.02. The van der Waals surface area contributed by atoms with Crippen LogP contribution in [0.15, 0.2) is 36.4 Å². The lowest BCUT2D eigenvalue weighted by Gasteiger charge is -2.35. The van der Waals surface area contributed by atoms with Gasteiger partial charge in [0.05, 0.1) is 18.8 Å². The fraction of sp³-hybridized carbons (Fsp3) is 0.444. The molecular formula is C27H32FN3O5. The molecule has 0 aliphatic carbocycles. The van der Waals surface area contributed by atoms with Gasteiger partial charge < -0.3 is 14.4 Å². The molecule has 1 fully saturated rings. The monoisotopic (exact) mass is 497 g/mol. The molecule has 9 heteroatoms. The standard InChI is InChI=1S/C27H32FN3O5/c1-4-25(32)29-26(33)15-31-14-22-21(27(31)34)6-5-7-24(22)35-16-20-9-8-19(10-23(20)28)13-30-11-17(2)36-18(3)12-30/h5-10,17-18H,4,11-16H2,1-3H3,(H,29,32,33). The van der Waals surface area contributed by atoms with Gasteiger partial charge >= 0.3 is 0 Å². The molecule has 4 rings (SSSR count). The Kier molecular flexibility index (Phi) is 8.01. The lowest BCUT2D eigenvalue weighted by Crippen LogP contribution is -2.44. The number of hydrogen-bond acceptors (Lipinski definition) is 6. The van der Waals surface area contributed by atoms with Crippen molar-refractivity contribution in [3.63, 3.8) is 0 Å². The normalized spacial score (nSPS) is 19.8. The summed E-state index contributed by atoms with van der Waals surface area (Å²) in [6.07, 6.45) is 0.478. The number of ether oxygens (including phenoxy) is 2. The average Bonchev–Trinajstić information content (AvgIpc) is 3.13. The molecule has 2 aliphatic heterocycles. The molecule has 2 heterocycles. The first-order valence-electron chi connectivity index (χ1n) is 12.2. The molecule has 0 aromatic heterocycles. The molecule has 3 amide bonds. The fourth-order valence-corrected chi connectivity index (χ4v) is 4.72. The smallest absolute Gasteiger partial charge is 0.255 e. The molecule has 2 atom stereocenters.